The largest absolute Gasteiger partial charge is 0.481 e. The van der Waals surface area contributed by atoms with Gasteiger partial charge in [0, 0.05) is 12.6 Å². The maximum atomic E-state index is 14.0. The zero-order valence-corrected chi connectivity index (χ0v) is 13.8. The molecule has 2 N–H and O–H groups in total. The van der Waals surface area contributed by atoms with Crippen molar-refractivity contribution in [1.82, 2.24) is 14.7 Å². The van der Waals surface area contributed by atoms with Gasteiger partial charge in [0.05, 0.1) is 18.2 Å². The Hall–Kier alpha value is -2.74. The highest BCUT2D eigenvalue weighted by molar-refractivity contribution is 5.91. The Kier molecular flexibility index (Phi) is 4.80. The molecule has 1 aliphatic heterocycles. The summed E-state index contributed by atoms with van der Waals surface area (Å²) in [5, 5.41) is 16.0. The van der Waals surface area contributed by atoms with E-state index in [0.717, 1.165) is 0 Å². The van der Waals surface area contributed by atoms with Crippen LogP contribution in [-0.4, -0.2) is 51.3 Å². The first kappa shape index (κ1) is 17.1. The number of aliphatic carboxylic acids is 1. The fourth-order valence-electron chi connectivity index (χ4n) is 2.96. The number of hydrogen-bond donors (Lipinski definition) is 2. The molecule has 0 aliphatic carbocycles. The van der Waals surface area contributed by atoms with Crippen molar-refractivity contribution < 1.29 is 19.1 Å². The Balaban J connectivity index is 1.70. The molecule has 1 atom stereocenters. The number of aryl methyl sites for hydroxylation is 1. The summed E-state index contributed by atoms with van der Waals surface area (Å²) >= 11 is 0. The average Bonchev–Trinajstić information content (AvgIpc) is 3.15. The van der Waals surface area contributed by atoms with E-state index in [0.29, 0.717) is 31.0 Å². The highest BCUT2D eigenvalue weighted by atomic mass is 19.1. The van der Waals surface area contributed by atoms with Crippen LogP contribution in [0.25, 0.3) is 5.69 Å². The number of para-hydroxylation sites is 1. The van der Waals surface area contributed by atoms with Crippen LogP contribution in [0.4, 0.5) is 10.2 Å². The number of carboxylic acids is 1. The molecule has 1 aromatic carbocycles. The molecule has 0 saturated carbocycles. The number of carbonyl (C=O) groups excluding carboxylic acids is 1. The van der Waals surface area contributed by atoms with E-state index in [2.05, 4.69) is 10.4 Å². The van der Waals surface area contributed by atoms with Crippen molar-refractivity contribution in [2.45, 2.75) is 13.3 Å². The molecule has 1 fully saturated rings. The van der Waals surface area contributed by atoms with Crippen LogP contribution in [-0.2, 0) is 9.59 Å². The van der Waals surface area contributed by atoms with Crippen LogP contribution in [0.15, 0.2) is 30.3 Å². The van der Waals surface area contributed by atoms with Crippen LogP contribution in [0.1, 0.15) is 12.1 Å². The van der Waals surface area contributed by atoms with Gasteiger partial charge < -0.3 is 10.4 Å². The standard InChI is InChI=1S/C17H19FN4O3/c1-11-8-15(22(20-11)14-5-3-2-4-13(14)18)19-16(23)10-21-7-6-12(9-21)17(24)25/h2-5,8,12H,6-7,9-10H2,1H3,(H,19,23)(H,24,25). The summed E-state index contributed by atoms with van der Waals surface area (Å²) in [6.45, 7) is 2.76. The number of carboxylic acid groups (broad SMARTS) is 1. The van der Waals surface area contributed by atoms with Crippen LogP contribution in [0.3, 0.4) is 0 Å². The molecule has 1 aliphatic rings. The maximum Gasteiger partial charge on any atom is 0.307 e. The first-order valence-electron chi connectivity index (χ1n) is 8.00. The SMILES string of the molecule is Cc1cc(NC(=O)CN2CCC(C(=O)O)C2)n(-c2ccccc2F)n1. The topological polar surface area (TPSA) is 87.5 Å². The number of anilines is 1. The van der Waals surface area contributed by atoms with Crippen molar-refractivity contribution in [2.24, 2.45) is 5.92 Å². The molecule has 1 unspecified atom stereocenters. The van der Waals surface area contributed by atoms with Crippen molar-refractivity contribution in [1.29, 1.82) is 0 Å². The summed E-state index contributed by atoms with van der Waals surface area (Å²) in [5.41, 5.74) is 0.892. The number of carbonyl (C=O) groups is 2. The van der Waals surface area contributed by atoms with E-state index < -0.39 is 17.7 Å². The zero-order valence-electron chi connectivity index (χ0n) is 13.8. The van der Waals surface area contributed by atoms with Crippen molar-refractivity contribution in [3.8, 4) is 5.69 Å². The second-order valence-corrected chi connectivity index (χ2v) is 6.14. The molecule has 8 heteroatoms. The average molecular weight is 346 g/mol. The number of benzene rings is 1. The van der Waals surface area contributed by atoms with Crippen molar-refractivity contribution in [3.63, 3.8) is 0 Å². The molecule has 132 valence electrons. The summed E-state index contributed by atoms with van der Waals surface area (Å²) in [5.74, 6) is -1.62. The van der Waals surface area contributed by atoms with Crippen molar-refractivity contribution >= 4 is 17.7 Å². The second-order valence-electron chi connectivity index (χ2n) is 6.14. The van der Waals surface area contributed by atoms with Gasteiger partial charge in [0.25, 0.3) is 0 Å². The van der Waals surface area contributed by atoms with Gasteiger partial charge in [-0.2, -0.15) is 5.10 Å². The minimum Gasteiger partial charge on any atom is -0.481 e. The van der Waals surface area contributed by atoms with E-state index in [4.69, 9.17) is 5.11 Å². The third kappa shape index (κ3) is 3.85. The second kappa shape index (κ2) is 7.02. The molecule has 1 aromatic heterocycles. The number of hydrogen-bond acceptors (Lipinski definition) is 4. The van der Waals surface area contributed by atoms with Gasteiger partial charge in [-0.3, -0.25) is 14.5 Å². The zero-order chi connectivity index (χ0) is 18.0. The molecule has 25 heavy (non-hydrogen) atoms. The lowest BCUT2D eigenvalue weighted by molar-refractivity contribution is -0.141. The predicted octanol–water partition coefficient (Wildman–Crippen LogP) is 1.66. The van der Waals surface area contributed by atoms with E-state index in [1.54, 1.807) is 36.1 Å². The Morgan fingerprint density at radius 1 is 1.40 bits per heavy atom. The van der Waals surface area contributed by atoms with Gasteiger partial charge in [0.15, 0.2) is 0 Å². The monoisotopic (exact) mass is 346 g/mol. The van der Waals surface area contributed by atoms with Crippen LogP contribution < -0.4 is 5.32 Å². The van der Waals surface area contributed by atoms with Crippen LogP contribution in [0, 0.1) is 18.7 Å². The molecule has 7 nitrogen and oxygen atoms in total. The number of halogens is 1. The van der Waals surface area contributed by atoms with Crippen molar-refractivity contribution in [2.75, 3.05) is 25.0 Å². The minimum atomic E-state index is -0.837. The van der Waals surface area contributed by atoms with Gasteiger partial charge in [-0.25, -0.2) is 9.07 Å². The first-order chi connectivity index (χ1) is 11.9. The van der Waals surface area contributed by atoms with Crippen LogP contribution >= 0.6 is 0 Å². The highest BCUT2D eigenvalue weighted by Gasteiger charge is 2.29. The Labute approximate surface area is 144 Å². The van der Waals surface area contributed by atoms with Gasteiger partial charge in [-0.1, -0.05) is 12.1 Å². The van der Waals surface area contributed by atoms with E-state index in [9.17, 15) is 14.0 Å². The van der Waals surface area contributed by atoms with E-state index in [1.807, 2.05) is 0 Å². The summed E-state index contributed by atoms with van der Waals surface area (Å²) < 4.78 is 15.4. The molecule has 3 rings (SSSR count). The highest BCUT2D eigenvalue weighted by Crippen LogP contribution is 2.20. The predicted molar refractivity (Wildman–Crippen MR) is 89.1 cm³/mol. The molecule has 0 spiro atoms. The number of nitrogens with zero attached hydrogens (tertiary/aromatic N) is 3. The van der Waals surface area contributed by atoms with Crippen molar-refractivity contribution in [3.05, 3.63) is 41.8 Å². The van der Waals surface area contributed by atoms with E-state index in [1.165, 1.54) is 10.7 Å². The van der Waals surface area contributed by atoms with Gasteiger partial charge in [0.2, 0.25) is 5.91 Å². The van der Waals surface area contributed by atoms with E-state index in [-0.39, 0.29) is 18.1 Å². The number of amides is 1. The lowest BCUT2D eigenvalue weighted by atomic mass is 10.1. The smallest absolute Gasteiger partial charge is 0.307 e. The fourth-order valence-corrected chi connectivity index (χ4v) is 2.96. The number of likely N-dealkylation sites (tertiary alicyclic amines) is 1. The summed E-state index contributed by atoms with van der Waals surface area (Å²) in [4.78, 5) is 25.1. The molecule has 0 bridgehead atoms. The van der Waals surface area contributed by atoms with Gasteiger partial charge in [-0.15, -0.1) is 0 Å². The summed E-state index contributed by atoms with van der Waals surface area (Å²) in [6, 6.07) is 7.84. The number of rotatable bonds is 5. The third-order valence-corrected chi connectivity index (χ3v) is 4.17. The molecular formula is C17H19FN4O3. The Morgan fingerprint density at radius 2 is 2.16 bits per heavy atom. The normalized spacial score (nSPS) is 17.6. The summed E-state index contributed by atoms with van der Waals surface area (Å²) in [6.07, 6.45) is 0.537. The van der Waals surface area contributed by atoms with Gasteiger partial charge >= 0.3 is 5.97 Å². The Bertz CT molecular complexity index is 805. The lowest BCUT2D eigenvalue weighted by Gasteiger charge is -2.15. The van der Waals surface area contributed by atoms with Gasteiger partial charge in [-0.05, 0) is 32.0 Å². The Morgan fingerprint density at radius 3 is 2.84 bits per heavy atom. The molecule has 0 radical (unpaired) electrons. The van der Waals surface area contributed by atoms with Crippen LogP contribution in [0.2, 0.25) is 0 Å². The van der Waals surface area contributed by atoms with Gasteiger partial charge in [0.1, 0.15) is 17.3 Å². The maximum absolute atomic E-state index is 14.0. The van der Waals surface area contributed by atoms with E-state index >= 15 is 0 Å². The molecule has 1 saturated heterocycles. The first-order valence-corrected chi connectivity index (χ1v) is 8.00. The quantitative estimate of drug-likeness (QED) is 0.860. The molecule has 2 aromatic rings. The third-order valence-electron chi connectivity index (χ3n) is 4.17. The number of aromatic nitrogens is 2. The molecular weight excluding hydrogens is 327 g/mol. The number of nitrogens with one attached hydrogen (secondary N) is 1. The molecule has 1 amide bonds. The van der Waals surface area contributed by atoms with Crippen LogP contribution in [0.5, 0.6) is 0 Å². The summed E-state index contributed by atoms with van der Waals surface area (Å²) in [7, 11) is 0. The molecule has 2 heterocycles. The fraction of sp³-hybridized carbons (Fsp3) is 0.353. The lowest BCUT2D eigenvalue weighted by Crippen LogP contribution is -2.32. The minimum absolute atomic E-state index is 0.0886.